The summed E-state index contributed by atoms with van der Waals surface area (Å²) in [5, 5.41) is 12.5. The van der Waals surface area contributed by atoms with Gasteiger partial charge in [-0.2, -0.15) is 0 Å². The van der Waals surface area contributed by atoms with Crippen LogP contribution in [0.4, 0.5) is 17.1 Å². The van der Waals surface area contributed by atoms with Crippen LogP contribution in [0.5, 0.6) is 11.6 Å². The molecule has 1 aliphatic rings. The molecule has 0 unspecified atom stereocenters. The lowest BCUT2D eigenvalue weighted by Gasteiger charge is -2.30. The van der Waals surface area contributed by atoms with Crippen molar-refractivity contribution < 1.29 is 18.3 Å². The van der Waals surface area contributed by atoms with Crippen molar-refractivity contribution in [1.82, 2.24) is 4.57 Å². The molecule has 9 nitrogen and oxygen atoms in total. The molecule has 0 bridgehead atoms. The van der Waals surface area contributed by atoms with Gasteiger partial charge < -0.3 is 14.7 Å². The van der Waals surface area contributed by atoms with Crippen LogP contribution >= 0.6 is 0 Å². The van der Waals surface area contributed by atoms with Crippen molar-refractivity contribution in [1.29, 1.82) is 0 Å². The molecule has 10 heteroatoms. The van der Waals surface area contributed by atoms with Gasteiger partial charge in [0.15, 0.2) is 0 Å². The number of methoxy groups -OCH3 is 1. The van der Waals surface area contributed by atoms with E-state index in [2.05, 4.69) is 14.6 Å². The number of nitrogens with one attached hydrogen (secondary N) is 1. The Hall–Kier alpha value is -5.09. The van der Waals surface area contributed by atoms with Crippen molar-refractivity contribution in [3.05, 3.63) is 112 Å². The second kappa shape index (κ2) is 12.7. The quantitative estimate of drug-likeness (QED) is 0.180. The van der Waals surface area contributed by atoms with Gasteiger partial charge in [0, 0.05) is 30.1 Å². The summed E-state index contributed by atoms with van der Waals surface area (Å²) in [7, 11) is -2.58. The number of rotatable bonds is 8. The first-order valence-corrected chi connectivity index (χ1v) is 16.7. The Balaban J connectivity index is 1.47. The Kier molecular flexibility index (Phi) is 8.55. The Morgan fingerprint density at radius 3 is 2.33 bits per heavy atom. The lowest BCUT2D eigenvalue weighted by molar-refractivity contribution is 0.417. The minimum Gasteiger partial charge on any atom is -0.495 e. The highest BCUT2D eigenvalue weighted by Crippen LogP contribution is 2.35. The molecule has 46 heavy (non-hydrogen) atoms. The van der Waals surface area contributed by atoms with Gasteiger partial charge in [0.2, 0.25) is 5.88 Å². The molecular formula is C36H36N4O5S. The summed E-state index contributed by atoms with van der Waals surface area (Å²) >= 11 is 0. The summed E-state index contributed by atoms with van der Waals surface area (Å²) in [6.07, 6.45) is 4.53. The number of nitrogens with zero attached hydrogens (tertiary/aromatic N) is 3. The van der Waals surface area contributed by atoms with E-state index in [4.69, 9.17) is 4.74 Å². The van der Waals surface area contributed by atoms with Gasteiger partial charge in [-0.05, 0) is 92.8 Å². The number of aryl methyl sites for hydroxylation is 2. The van der Waals surface area contributed by atoms with Crippen molar-refractivity contribution in [3.8, 4) is 17.3 Å². The van der Waals surface area contributed by atoms with Crippen molar-refractivity contribution in [2.45, 2.75) is 38.0 Å². The van der Waals surface area contributed by atoms with E-state index in [0.717, 1.165) is 43.5 Å². The van der Waals surface area contributed by atoms with Crippen LogP contribution < -0.4 is 19.9 Å². The Morgan fingerprint density at radius 2 is 1.59 bits per heavy atom. The maximum Gasteiger partial charge on any atom is 0.265 e. The van der Waals surface area contributed by atoms with Crippen LogP contribution in [-0.2, 0) is 10.0 Å². The van der Waals surface area contributed by atoms with E-state index in [9.17, 15) is 18.3 Å². The zero-order valence-electron chi connectivity index (χ0n) is 26.0. The molecular weight excluding hydrogens is 600 g/mol. The number of anilines is 2. The van der Waals surface area contributed by atoms with Crippen LogP contribution in [0.3, 0.4) is 0 Å². The average Bonchev–Trinajstić information content (AvgIpc) is 3.07. The summed E-state index contributed by atoms with van der Waals surface area (Å²) in [4.78, 5) is 20.4. The molecule has 4 aromatic carbocycles. The van der Waals surface area contributed by atoms with Gasteiger partial charge in [0.25, 0.3) is 15.6 Å². The van der Waals surface area contributed by atoms with E-state index in [1.165, 1.54) is 24.0 Å². The van der Waals surface area contributed by atoms with Gasteiger partial charge in [-0.1, -0.05) is 36.4 Å². The smallest absolute Gasteiger partial charge is 0.265 e. The minimum absolute atomic E-state index is 0.0872. The van der Waals surface area contributed by atoms with Gasteiger partial charge in [-0.3, -0.25) is 14.5 Å². The predicted molar refractivity (Wildman–Crippen MR) is 184 cm³/mol. The first-order valence-electron chi connectivity index (χ1n) is 15.2. The zero-order chi connectivity index (χ0) is 32.4. The molecule has 0 amide bonds. The molecule has 6 rings (SSSR count). The van der Waals surface area contributed by atoms with E-state index in [-0.39, 0.29) is 16.3 Å². The number of para-hydroxylation sites is 2. The fourth-order valence-electron chi connectivity index (χ4n) is 5.86. The lowest BCUT2D eigenvalue weighted by atomic mass is 10.1. The van der Waals surface area contributed by atoms with Crippen molar-refractivity contribution >= 4 is 44.1 Å². The van der Waals surface area contributed by atoms with Crippen LogP contribution in [0, 0.1) is 13.8 Å². The molecule has 0 spiro atoms. The molecule has 0 atom stereocenters. The highest BCUT2D eigenvalue weighted by atomic mass is 32.2. The summed E-state index contributed by atoms with van der Waals surface area (Å²) in [6, 6.07) is 24.5. The SMILES string of the molecule is COc1ccccc1NS(=O)(=O)c1cc(N=Cc2c(O)n(-c3ccc(C)c(C)c3)c(=O)c3ccccc23)ccc1N1CCCCC1. The number of aromatic hydroxyl groups is 1. The standard InChI is InChI=1S/C36H36N4O5S/c1-24-15-17-27(21-25(24)2)40-35(41)29-12-6-5-11-28(29)30(36(40)42)23-37-26-16-18-32(39-19-9-4-10-20-39)34(22-26)46(43,44)38-31-13-7-8-14-33(31)45-3/h5-8,11-18,21-23,38,42H,4,9-10,19-20H2,1-3H3. The minimum atomic E-state index is -4.07. The van der Waals surface area contributed by atoms with Crippen molar-refractivity contribution in [2.75, 3.05) is 29.8 Å². The number of aliphatic imine (C=N–C) groups is 1. The third-order valence-electron chi connectivity index (χ3n) is 8.48. The van der Waals surface area contributed by atoms with Crippen molar-refractivity contribution in [3.63, 3.8) is 0 Å². The largest absolute Gasteiger partial charge is 0.495 e. The average molecular weight is 637 g/mol. The van der Waals surface area contributed by atoms with Gasteiger partial charge in [-0.15, -0.1) is 0 Å². The Labute approximate surface area is 268 Å². The lowest BCUT2D eigenvalue weighted by Crippen LogP contribution is -2.31. The van der Waals surface area contributed by atoms with E-state index in [1.54, 1.807) is 66.7 Å². The number of piperidine rings is 1. The second-order valence-electron chi connectivity index (χ2n) is 11.5. The fourth-order valence-corrected chi connectivity index (χ4v) is 7.17. The molecule has 236 valence electrons. The molecule has 0 saturated carbocycles. The van der Waals surface area contributed by atoms with Crippen LogP contribution in [0.1, 0.15) is 36.0 Å². The maximum absolute atomic E-state index is 14.0. The highest BCUT2D eigenvalue weighted by molar-refractivity contribution is 7.93. The van der Waals surface area contributed by atoms with Gasteiger partial charge in [0.05, 0.1) is 35.4 Å². The van der Waals surface area contributed by atoms with E-state index in [0.29, 0.717) is 44.8 Å². The molecule has 1 saturated heterocycles. The number of hydrogen-bond acceptors (Lipinski definition) is 7. The Morgan fingerprint density at radius 1 is 0.870 bits per heavy atom. The van der Waals surface area contributed by atoms with Crippen LogP contribution in [0.2, 0.25) is 0 Å². The van der Waals surface area contributed by atoms with Crippen LogP contribution in [0.25, 0.3) is 16.5 Å². The molecule has 0 aliphatic carbocycles. The highest BCUT2D eigenvalue weighted by Gasteiger charge is 2.25. The maximum atomic E-state index is 14.0. The summed E-state index contributed by atoms with van der Waals surface area (Å²) in [6.45, 7) is 5.43. The molecule has 1 aromatic heterocycles. The van der Waals surface area contributed by atoms with E-state index >= 15 is 0 Å². The number of hydrogen-bond donors (Lipinski definition) is 2. The van der Waals surface area contributed by atoms with Crippen LogP contribution in [0.15, 0.2) is 99.6 Å². The molecule has 1 aliphatic heterocycles. The summed E-state index contributed by atoms with van der Waals surface area (Å²) in [5.74, 6) is 0.146. The fraction of sp³-hybridized carbons (Fsp3) is 0.222. The van der Waals surface area contributed by atoms with Crippen molar-refractivity contribution in [2.24, 2.45) is 4.99 Å². The first-order chi connectivity index (χ1) is 22.2. The van der Waals surface area contributed by atoms with Gasteiger partial charge >= 0.3 is 0 Å². The number of sulfonamides is 1. The number of fused-ring (bicyclic) bond motifs is 1. The number of pyridine rings is 1. The van der Waals surface area contributed by atoms with Gasteiger partial charge in [-0.25, -0.2) is 13.0 Å². The van der Waals surface area contributed by atoms with E-state index < -0.39 is 10.0 Å². The normalized spacial score (nSPS) is 13.8. The zero-order valence-corrected chi connectivity index (χ0v) is 26.8. The molecule has 2 heterocycles. The summed E-state index contributed by atoms with van der Waals surface area (Å²) < 4.78 is 37.3. The Bertz CT molecular complexity index is 2130. The third-order valence-corrected chi connectivity index (χ3v) is 9.87. The molecule has 2 N–H and O–H groups in total. The first kappa shape index (κ1) is 30.9. The molecule has 0 radical (unpaired) electrons. The third kappa shape index (κ3) is 5.95. The number of aromatic nitrogens is 1. The topological polar surface area (TPSA) is 113 Å². The van der Waals surface area contributed by atoms with E-state index in [1.807, 2.05) is 26.0 Å². The monoisotopic (exact) mass is 636 g/mol. The number of benzene rings is 4. The van der Waals surface area contributed by atoms with Gasteiger partial charge in [0.1, 0.15) is 10.6 Å². The molecule has 5 aromatic rings. The predicted octanol–water partition coefficient (Wildman–Crippen LogP) is 6.86. The molecule has 1 fully saturated rings. The number of ether oxygens (including phenoxy) is 1. The van der Waals surface area contributed by atoms with Crippen LogP contribution in [-0.4, -0.2) is 44.5 Å². The summed E-state index contributed by atoms with van der Waals surface area (Å²) in [5.41, 5.74) is 3.86. The second-order valence-corrected chi connectivity index (χ2v) is 13.1.